The molecule has 0 fully saturated rings. The predicted octanol–water partition coefficient (Wildman–Crippen LogP) is 6.07. The molecule has 3 amide bonds. The minimum absolute atomic E-state index is 0.00927. The number of aromatic nitrogens is 2. The van der Waals surface area contributed by atoms with Crippen LogP contribution < -0.4 is 10.6 Å². The molecule has 3 heterocycles. The van der Waals surface area contributed by atoms with E-state index in [1.165, 1.54) is 12.1 Å². The lowest BCUT2D eigenvalue weighted by Crippen LogP contribution is -2.38. The number of carbonyl (C=O) groups is 3. The minimum Gasteiger partial charge on any atom is -0.465 e. The van der Waals surface area contributed by atoms with Crippen molar-refractivity contribution in [3.05, 3.63) is 70.9 Å². The van der Waals surface area contributed by atoms with E-state index < -0.39 is 11.9 Å². The maximum absolute atomic E-state index is 14.6. The number of hydrogen-bond acceptors (Lipinski definition) is 4. The smallest absolute Gasteiger partial charge is 0.409 e. The van der Waals surface area contributed by atoms with Crippen LogP contribution in [0.2, 0.25) is 5.02 Å². The number of rotatable bonds is 3. The van der Waals surface area contributed by atoms with Gasteiger partial charge in [0.25, 0.3) is 0 Å². The van der Waals surface area contributed by atoms with Gasteiger partial charge in [0.1, 0.15) is 11.6 Å². The number of carbonyl (C=O) groups excluding carboxylic acids is 2. The molecular weight excluding hydrogens is 525 g/mol. The molecule has 0 spiro atoms. The van der Waals surface area contributed by atoms with Crippen molar-refractivity contribution >= 4 is 46.5 Å². The number of halogens is 2. The van der Waals surface area contributed by atoms with Crippen LogP contribution in [0.5, 0.6) is 0 Å². The Morgan fingerprint density at radius 1 is 1.21 bits per heavy atom. The van der Waals surface area contributed by atoms with Gasteiger partial charge < -0.3 is 20.3 Å². The fourth-order valence-electron chi connectivity index (χ4n) is 5.10. The van der Waals surface area contributed by atoms with E-state index >= 15 is 0 Å². The van der Waals surface area contributed by atoms with Gasteiger partial charge in [-0.15, -0.1) is 0 Å². The third-order valence-corrected chi connectivity index (χ3v) is 7.46. The van der Waals surface area contributed by atoms with Crippen molar-refractivity contribution in [2.75, 3.05) is 17.2 Å². The second kappa shape index (κ2) is 10.9. The number of aromatic amines is 1. The molecule has 2 aliphatic heterocycles. The molecule has 0 saturated heterocycles. The number of hydrogen-bond donors (Lipinski definition) is 4. The SMILES string of the molecule is C[C@@H]1CCC[C@H](N2CCC(c3cccc(Cl)c3F)=CC2=O)c2ncc([nH]2)-c2ccc(NC(=O)O)cc2NC1=O. The number of fused-ring (bicyclic) bond motifs is 4. The highest BCUT2D eigenvalue weighted by Crippen LogP contribution is 2.36. The molecule has 4 N–H and O–H groups in total. The first-order valence-corrected chi connectivity index (χ1v) is 13.0. The molecule has 11 heteroatoms. The molecular formula is C28H27ClFN5O4. The standard InChI is InChI=1S/C28H27ClFN5O4/c1-15-4-2-7-23(35-11-10-16(12-24(35)36)18-5-3-6-20(29)25(18)30)26-31-14-22(33-26)19-9-8-17(32-28(38)39)13-21(19)34-27(15)37/h3,5-6,8-9,12-15,23,32H,2,4,7,10-11H2,1H3,(H,31,33)(H,34,37)(H,38,39)/t15-,23+/m1/s1. The van der Waals surface area contributed by atoms with Crippen LogP contribution in [0.3, 0.4) is 0 Å². The van der Waals surface area contributed by atoms with Crippen molar-refractivity contribution in [2.45, 2.75) is 38.6 Å². The van der Waals surface area contributed by atoms with E-state index in [2.05, 4.69) is 20.6 Å². The molecule has 3 aromatic rings. The second-order valence-corrected chi connectivity index (χ2v) is 10.2. The van der Waals surface area contributed by atoms with Crippen molar-refractivity contribution in [2.24, 2.45) is 5.92 Å². The molecule has 39 heavy (non-hydrogen) atoms. The Morgan fingerprint density at radius 3 is 2.79 bits per heavy atom. The van der Waals surface area contributed by atoms with Gasteiger partial charge >= 0.3 is 6.09 Å². The number of nitrogens with zero attached hydrogens (tertiary/aromatic N) is 2. The Kier molecular flexibility index (Phi) is 7.38. The third-order valence-electron chi connectivity index (χ3n) is 7.17. The third kappa shape index (κ3) is 5.51. The Bertz CT molecular complexity index is 1490. The first kappa shape index (κ1) is 26.4. The fraction of sp³-hybridized carbons (Fsp3) is 0.286. The quantitative estimate of drug-likeness (QED) is 0.314. The van der Waals surface area contributed by atoms with Gasteiger partial charge in [0.05, 0.1) is 28.6 Å². The predicted molar refractivity (Wildman–Crippen MR) is 146 cm³/mol. The zero-order chi connectivity index (χ0) is 27.7. The maximum atomic E-state index is 14.6. The molecule has 1 aromatic heterocycles. The molecule has 0 aliphatic carbocycles. The Labute approximate surface area is 229 Å². The number of imidazole rings is 1. The lowest BCUT2D eigenvalue weighted by atomic mass is 9.95. The van der Waals surface area contributed by atoms with Crippen LogP contribution >= 0.6 is 11.6 Å². The van der Waals surface area contributed by atoms with Crippen LogP contribution in [0, 0.1) is 11.7 Å². The number of anilines is 2. The molecule has 0 saturated carbocycles. The number of H-pyrrole nitrogens is 1. The lowest BCUT2D eigenvalue weighted by molar-refractivity contribution is -0.129. The number of carboxylic acid groups (broad SMARTS) is 1. The summed E-state index contributed by atoms with van der Waals surface area (Å²) in [6.45, 7) is 2.20. The van der Waals surface area contributed by atoms with Crippen molar-refractivity contribution in [1.29, 1.82) is 0 Å². The van der Waals surface area contributed by atoms with Crippen molar-refractivity contribution in [3.63, 3.8) is 0 Å². The maximum Gasteiger partial charge on any atom is 0.409 e. The first-order chi connectivity index (χ1) is 18.7. The summed E-state index contributed by atoms with van der Waals surface area (Å²) in [6.07, 6.45) is 4.15. The Balaban J connectivity index is 1.49. The van der Waals surface area contributed by atoms with Gasteiger partial charge in [-0.2, -0.15) is 0 Å². The van der Waals surface area contributed by atoms with Crippen molar-refractivity contribution in [3.8, 4) is 11.3 Å². The summed E-state index contributed by atoms with van der Waals surface area (Å²) in [5.74, 6) is -0.694. The van der Waals surface area contributed by atoms with E-state index in [1.54, 1.807) is 41.4 Å². The molecule has 9 nitrogen and oxygen atoms in total. The van der Waals surface area contributed by atoms with Gasteiger partial charge in [-0.05, 0) is 49.1 Å². The summed E-state index contributed by atoms with van der Waals surface area (Å²) >= 11 is 5.95. The summed E-state index contributed by atoms with van der Waals surface area (Å²) in [6, 6.07) is 9.23. The number of amides is 3. The van der Waals surface area contributed by atoms with E-state index in [4.69, 9.17) is 16.7 Å². The normalized spacial score (nSPS) is 19.8. The summed E-state index contributed by atoms with van der Waals surface area (Å²) in [5, 5.41) is 14.3. The average Bonchev–Trinajstić information content (AvgIpc) is 3.37. The molecule has 0 radical (unpaired) electrons. The van der Waals surface area contributed by atoms with Crippen LogP contribution in [0.15, 0.2) is 48.7 Å². The monoisotopic (exact) mass is 551 g/mol. The topological polar surface area (TPSA) is 127 Å². The summed E-state index contributed by atoms with van der Waals surface area (Å²) in [5.41, 5.74) is 2.92. The zero-order valence-corrected chi connectivity index (χ0v) is 21.9. The van der Waals surface area contributed by atoms with Crippen LogP contribution in [-0.2, 0) is 9.59 Å². The van der Waals surface area contributed by atoms with E-state index in [9.17, 15) is 18.8 Å². The van der Waals surface area contributed by atoms with Gasteiger partial charge in [0.15, 0.2) is 0 Å². The molecule has 2 bridgehead atoms. The van der Waals surface area contributed by atoms with Crippen molar-refractivity contribution in [1.82, 2.24) is 14.9 Å². The second-order valence-electron chi connectivity index (χ2n) is 9.76. The van der Waals surface area contributed by atoms with Crippen LogP contribution in [0.1, 0.15) is 50.0 Å². The molecule has 5 rings (SSSR count). The van der Waals surface area contributed by atoms with Gasteiger partial charge in [-0.3, -0.25) is 14.9 Å². The van der Waals surface area contributed by atoms with Crippen molar-refractivity contribution < 1.29 is 23.9 Å². The Hall–Kier alpha value is -4.18. The summed E-state index contributed by atoms with van der Waals surface area (Å²) in [4.78, 5) is 47.1. The fourth-order valence-corrected chi connectivity index (χ4v) is 5.27. The lowest BCUT2D eigenvalue weighted by Gasteiger charge is -2.33. The minimum atomic E-state index is -1.21. The average molecular weight is 552 g/mol. The molecule has 2 aliphatic rings. The highest BCUT2D eigenvalue weighted by atomic mass is 35.5. The largest absolute Gasteiger partial charge is 0.465 e. The van der Waals surface area contributed by atoms with Crippen LogP contribution in [-0.4, -0.2) is 44.4 Å². The van der Waals surface area contributed by atoms with E-state index in [0.717, 1.165) is 0 Å². The van der Waals surface area contributed by atoms with E-state index in [-0.39, 0.29) is 28.8 Å². The molecule has 0 unspecified atom stereocenters. The Morgan fingerprint density at radius 2 is 2.03 bits per heavy atom. The number of benzene rings is 2. The van der Waals surface area contributed by atoms with Gasteiger partial charge in [-0.25, -0.2) is 14.2 Å². The zero-order valence-electron chi connectivity index (χ0n) is 21.1. The van der Waals surface area contributed by atoms with Crippen LogP contribution in [0.4, 0.5) is 20.6 Å². The number of nitrogens with one attached hydrogen (secondary N) is 3. The highest BCUT2D eigenvalue weighted by molar-refractivity contribution is 6.31. The van der Waals surface area contributed by atoms with Crippen LogP contribution in [0.25, 0.3) is 16.8 Å². The molecule has 202 valence electrons. The molecule has 2 atom stereocenters. The highest BCUT2D eigenvalue weighted by Gasteiger charge is 2.31. The summed E-state index contributed by atoms with van der Waals surface area (Å²) in [7, 11) is 0. The van der Waals surface area contributed by atoms with Gasteiger partial charge in [0.2, 0.25) is 11.8 Å². The van der Waals surface area contributed by atoms with Gasteiger partial charge in [0, 0.05) is 35.4 Å². The first-order valence-electron chi connectivity index (χ1n) is 12.7. The van der Waals surface area contributed by atoms with Gasteiger partial charge in [-0.1, -0.05) is 37.1 Å². The van der Waals surface area contributed by atoms with E-state index in [1.807, 2.05) is 6.92 Å². The summed E-state index contributed by atoms with van der Waals surface area (Å²) < 4.78 is 14.6. The van der Waals surface area contributed by atoms with E-state index in [0.29, 0.717) is 71.8 Å². The molecule has 2 aromatic carbocycles.